The van der Waals surface area contributed by atoms with Crippen LogP contribution in [0.5, 0.6) is 0 Å². The topological polar surface area (TPSA) is 95.8 Å². The van der Waals surface area contributed by atoms with E-state index in [9.17, 15) is 14.4 Å². The van der Waals surface area contributed by atoms with Crippen LogP contribution in [0.1, 0.15) is 82.9 Å². The first-order chi connectivity index (χ1) is 23.7. The highest BCUT2D eigenvalue weighted by molar-refractivity contribution is 9.10. The molecule has 0 radical (unpaired) electrons. The number of hydrogen-bond donors (Lipinski definition) is 0. The minimum atomic E-state index is -1.16. The third-order valence-electron chi connectivity index (χ3n) is 9.81. The molecule has 2 atom stereocenters. The zero-order chi connectivity index (χ0) is 36.6. The van der Waals surface area contributed by atoms with Crippen molar-refractivity contribution in [2.45, 2.75) is 73.6 Å². The highest BCUT2D eigenvalue weighted by atomic mass is 79.9. The molecule has 2 unspecified atom stereocenters. The van der Waals surface area contributed by atoms with Crippen molar-refractivity contribution in [1.82, 2.24) is 9.97 Å². The maximum absolute atomic E-state index is 13.3. The first-order valence-corrected chi connectivity index (χ1v) is 18.2. The summed E-state index contributed by atoms with van der Waals surface area (Å²) in [7, 11) is 3.99. The van der Waals surface area contributed by atoms with Crippen LogP contribution in [0, 0.1) is 30.1 Å². The number of benzene rings is 3. The molecule has 1 fully saturated rings. The number of aromatic nitrogens is 2. The number of carbonyl (C=O) groups excluding carboxylic acids is 3. The number of fused-ring (bicyclic) bond motifs is 1. The molecule has 1 saturated carbocycles. The van der Waals surface area contributed by atoms with Crippen molar-refractivity contribution in [3.05, 3.63) is 94.7 Å². The lowest BCUT2D eigenvalue weighted by molar-refractivity contribution is -0.132. The number of anilines is 2. The summed E-state index contributed by atoms with van der Waals surface area (Å²) in [5, 5.41) is 6.85. The molecular formula is C41H50BrN5O3. The second kappa shape index (κ2) is 17.1. The fraction of sp³-hybridized carbons (Fsp3) is 0.415. The van der Waals surface area contributed by atoms with Crippen molar-refractivity contribution in [1.29, 1.82) is 0 Å². The summed E-state index contributed by atoms with van der Waals surface area (Å²) in [5.74, 6) is 2.38. The highest BCUT2D eigenvalue weighted by Crippen LogP contribution is 2.41. The molecule has 6 rings (SSSR count). The van der Waals surface area contributed by atoms with Crippen molar-refractivity contribution in [2.24, 2.45) is 28.3 Å². The van der Waals surface area contributed by atoms with Gasteiger partial charge < -0.3 is 4.90 Å². The minimum Gasteiger partial charge on any atom is -0.362 e. The fourth-order valence-corrected chi connectivity index (χ4v) is 6.72. The third-order valence-corrected chi connectivity index (χ3v) is 10.3. The van der Waals surface area contributed by atoms with Gasteiger partial charge in [-0.15, -0.1) is 0 Å². The number of nitrogens with zero attached hydrogens (tertiary/aromatic N) is 5. The molecular weight excluding hydrogens is 690 g/mol. The number of para-hydroxylation sites is 2. The molecule has 4 aromatic rings. The molecule has 0 spiro atoms. The van der Waals surface area contributed by atoms with Gasteiger partial charge in [0.2, 0.25) is 0 Å². The van der Waals surface area contributed by atoms with Gasteiger partial charge in [-0.25, -0.2) is 9.97 Å². The van der Waals surface area contributed by atoms with E-state index in [1.54, 1.807) is 50.2 Å². The Kier molecular flexibility index (Phi) is 13.2. The second-order valence-corrected chi connectivity index (χ2v) is 14.9. The Morgan fingerprint density at radius 2 is 1.44 bits per heavy atom. The van der Waals surface area contributed by atoms with Gasteiger partial charge in [0, 0.05) is 41.9 Å². The summed E-state index contributed by atoms with van der Waals surface area (Å²) in [5.41, 5.74) is 1.52. The number of Topliss-reactive ketones (excluding diaryl/α,β-unsaturated/α-hetero) is 2. The van der Waals surface area contributed by atoms with Crippen LogP contribution in [-0.2, 0) is 9.59 Å². The van der Waals surface area contributed by atoms with Crippen LogP contribution in [0.25, 0.3) is 10.9 Å². The van der Waals surface area contributed by atoms with Crippen LogP contribution in [0.15, 0.2) is 88.4 Å². The lowest BCUT2D eigenvalue weighted by Crippen LogP contribution is -2.46. The van der Waals surface area contributed by atoms with Crippen molar-refractivity contribution in [3.8, 4) is 0 Å². The average molecular weight is 741 g/mol. The summed E-state index contributed by atoms with van der Waals surface area (Å²) in [6, 6.07) is 24.1. The zero-order valence-electron chi connectivity index (χ0n) is 30.6. The molecule has 1 amide bonds. The Hall–Kier alpha value is -4.24. The van der Waals surface area contributed by atoms with E-state index >= 15 is 0 Å². The fourth-order valence-electron chi connectivity index (χ4n) is 6.45. The highest BCUT2D eigenvalue weighted by Gasteiger charge is 2.53. The summed E-state index contributed by atoms with van der Waals surface area (Å²) in [4.78, 5) is 49.4. The van der Waals surface area contributed by atoms with Gasteiger partial charge in [0.15, 0.2) is 5.78 Å². The Labute approximate surface area is 305 Å². The standard InChI is InChI=1S/C22H21BrN2O3.C11H13N3.C8H16/c1-14(26)19(13-20(27)16-9-11-17(23)12-10-16)22(3)15(2)24-25(21(22)28)18-7-5-4-6-8-18;1-8-12-10-7-5-4-6-9(10)11(13-8)14(2)3;1-7-3-5-8(2)6-4-7/h4-12,19H,13H2,1-3H3;4-7H,1-3H3;7-8H,3-6H2,1-2H3. The Bertz CT molecular complexity index is 1810. The van der Waals surface area contributed by atoms with Crippen molar-refractivity contribution in [2.75, 3.05) is 24.0 Å². The van der Waals surface area contributed by atoms with Gasteiger partial charge in [0.1, 0.15) is 17.4 Å². The van der Waals surface area contributed by atoms with E-state index in [4.69, 9.17) is 0 Å². The van der Waals surface area contributed by atoms with Crippen LogP contribution in [-0.4, -0.2) is 47.2 Å². The van der Waals surface area contributed by atoms with Crippen molar-refractivity contribution < 1.29 is 14.4 Å². The number of hydrogen-bond acceptors (Lipinski definition) is 7. The molecule has 1 aliphatic heterocycles. The smallest absolute Gasteiger partial charge is 0.259 e. The Balaban J connectivity index is 0.000000209. The molecule has 3 aromatic carbocycles. The largest absolute Gasteiger partial charge is 0.362 e. The number of halogens is 1. The second-order valence-electron chi connectivity index (χ2n) is 14.0. The first kappa shape index (κ1) is 38.6. The quantitative estimate of drug-likeness (QED) is 0.175. The summed E-state index contributed by atoms with van der Waals surface area (Å²) >= 11 is 3.34. The van der Waals surface area contributed by atoms with Gasteiger partial charge in [-0.3, -0.25) is 14.4 Å². The molecule has 0 saturated heterocycles. The van der Waals surface area contributed by atoms with Gasteiger partial charge in [0.25, 0.3) is 5.91 Å². The van der Waals surface area contributed by atoms with Gasteiger partial charge >= 0.3 is 0 Å². The van der Waals surface area contributed by atoms with E-state index in [1.165, 1.54) is 37.6 Å². The molecule has 2 aliphatic rings. The molecule has 8 nitrogen and oxygen atoms in total. The molecule has 9 heteroatoms. The van der Waals surface area contributed by atoms with Crippen molar-refractivity contribution in [3.63, 3.8) is 0 Å². The maximum Gasteiger partial charge on any atom is 0.259 e. The SMILES string of the molecule is CC(=O)C(CC(=O)c1ccc(Br)cc1)C1(C)C(=O)N(c2ccccc2)N=C1C.CC1CCC(C)CC1.Cc1nc(N(C)C)c2ccccc2n1. The number of rotatable bonds is 7. The van der Waals surface area contributed by atoms with E-state index in [1.807, 2.05) is 68.4 Å². The molecule has 264 valence electrons. The Morgan fingerprint density at radius 3 is 2.00 bits per heavy atom. The maximum atomic E-state index is 13.3. The first-order valence-electron chi connectivity index (χ1n) is 17.4. The predicted molar refractivity (Wildman–Crippen MR) is 208 cm³/mol. The zero-order valence-corrected chi connectivity index (χ0v) is 32.2. The monoisotopic (exact) mass is 739 g/mol. The number of aryl methyl sites for hydroxylation is 1. The number of amides is 1. The lowest BCUT2D eigenvalue weighted by Gasteiger charge is -2.31. The van der Waals surface area contributed by atoms with Gasteiger partial charge in [-0.2, -0.15) is 10.1 Å². The predicted octanol–water partition coefficient (Wildman–Crippen LogP) is 9.49. The van der Waals surface area contributed by atoms with Crippen LogP contribution in [0.3, 0.4) is 0 Å². The average Bonchev–Trinajstić information content (AvgIpc) is 3.33. The van der Waals surface area contributed by atoms with E-state index in [-0.39, 0.29) is 23.9 Å². The van der Waals surface area contributed by atoms with Gasteiger partial charge in [0.05, 0.1) is 22.3 Å². The molecule has 1 aliphatic carbocycles. The number of hydrazone groups is 1. The van der Waals surface area contributed by atoms with Crippen LogP contribution >= 0.6 is 15.9 Å². The summed E-state index contributed by atoms with van der Waals surface area (Å²) in [6.07, 6.45) is 5.85. The molecule has 50 heavy (non-hydrogen) atoms. The number of carbonyl (C=O) groups is 3. The van der Waals surface area contributed by atoms with Crippen molar-refractivity contribution >= 4 is 61.5 Å². The normalized spacial score (nSPS) is 20.5. The molecule has 1 aromatic heterocycles. The van der Waals surface area contributed by atoms with E-state index in [0.29, 0.717) is 17.0 Å². The molecule has 0 bridgehead atoms. The summed E-state index contributed by atoms with van der Waals surface area (Å²) < 4.78 is 0.867. The van der Waals surface area contributed by atoms with E-state index < -0.39 is 11.3 Å². The number of ketones is 2. The van der Waals surface area contributed by atoms with Crippen LogP contribution in [0.2, 0.25) is 0 Å². The van der Waals surface area contributed by atoms with Gasteiger partial charge in [-0.05, 0) is 75.9 Å². The van der Waals surface area contributed by atoms with Crippen LogP contribution < -0.4 is 9.91 Å². The summed E-state index contributed by atoms with van der Waals surface area (Å²) in [6.45, 7) is 11.5. The Morgan fingerprint density at radius 1 is 0.880 bits per heavy atom. The van der Waals surface area contributed by atoms with E-state index in [2.05, 4.69) is 44.8 Å². The molecule has 0 N–H and O–H groups in total. The van der Waals surface area contributed by atoms with Gasteiger partial charge in [-0.1, -0.05) is 97.9 Å². The lowest BCUT2D eigenvalue weighted by atomic mass is 9.69. The molecule has 2 heterocycles. The minimum absolute atomic E-state index is 0.0469. The van der Waals surface area contributed by atoms with E-state index in [0.717, 1.165) is 38.9 Å². The third kappa shape index (κ3) is 9.30. The van der Waals surface area contributed by atoms with Crippen LogP contribution in [0.4, 0.5) is 11.5 Å².